The molecule has 8 heteroatoms. The topological polar surface area (TPSA) is 76.1 Å². The molecule has 0 aliphatic carbocycles. The standard InChI is InChI=1S/C24H15ClFNO5/c25-15-7-4-13(5-8-15)21-20(22(28)14-6-9-18-19(10-14)32-12-31-18)23(29)24(30)27(21)17-3-1-2-16(26)11-17/h1-11,21,28H,12H2/b22-20-. The van der Waals surface area contributed by atoms with E-state index in [0.29, 0.717) is 22.1 Å². The predicted octanol–water partition coefficient (Wildman–Crippen LogP) is 4.83. The molecule has 0 bridgehead atoms. The molecule has 1 atom stereocenters. The Morgan fingerprint density at radius 1 is 1.00 bits per heavy atom. The minimum absolute atomic E-state index is 0.0499. The van der Waals surface area contributed by atoms with Crippen molar-refractivity contribution in [2.45, 2.75) is 6.04 Å². The minimum atomic E-state index is -0.987. The average molecular weight is 452 g/mol. The van der Waals surface area contributed by atoms with Gasteiger partial charge in [-0.25, -0.2) is 4.39 Å². The molecule has 1 amide bonds. The fraction of sp³-hybridized carbons (Fsp3) is 0.0833. The molecule has 3 aromatic carbocycles. The SMILES string of the molecule is O=C1C(=O)N(c2cccc(F)c2)C(c2ccc(Cl)cc2)/C1=C(/O)c1ccc2c(c1)OCO2. The van der Waals surface area contributed by atoms with E-state index in [0.717, 1.165) is 6.07 Å². The Labute approximate surface area is 187 Å². The van der Waals surface area contributed by atoms with Crippen LogP contribution in [0.15, 0.2) is 72.3 Å². The second kappa shape index (κ2) is 7.69. The summed E-state index contributed by atoms with van der Waals surface area (Å²) in [6.07, 6.45) is 0. The normalized spacial score (nSPS) is 18.9. The molecule has 160 valence electrons. The maximum absolute atomic E-state index is 13.9. The van der Waals surface area contributed by atoms with E-state index in [1.54, 1.807) is 36.4 Å². The fourth-order valence-corrected chi connectivity index (χ4v) is 4.01. The zero-order valence-electron chi connectivity index (χ0n) is 16.4. The van der Waals surface area contributed by atoms with Gasteiger partial charge in [0.1, 0.15) is 11.6 Å². The van der Waals surface area contributed by atoms with Gasteiger partial charge in [-0.15, -0.1) is 0 Å². The number of carbonyl (C=O) groups is 2. The minimum Gasteiger partial charge on any atom is -0.507 e. The van der Waals surface area contributed by atoms with Gasteiger partial charge in [0.15, 0.2) is 11.5 Å². The van der Waals surface area contributed by atoms with Crippen LogP contribution in [0.5, 0.6) is 11.5 Å². The third-order valence-electron chi connectivity index (χ3n) is 5.36. The quantitative estimate of drug-likeness (QED) is 0.350. The summed E-state index contributed by atoms with van der Waals surface area (Å²) in [6.45, 7) is 0.0499. The van der Waals surface area contributed by atoms with Crippen molar-refractivity contribution >= 4 is 34.7 Å². The number of aliphatic hydroxyl groups excluding tert-OH is 1. The maximum Gasteiger partial charge on any atom is 0.300 e. The first-order valence-electron chi connectivity index (χ1n) is 9.66. The van der Waals surface area contributed by atoms with Crippen LogP contribution in [0.25, 0.3) is 5.76 Å². The summed E-state index contributed by atoms with van der Waals surface area (Å²) in [5.74, 6) is -1.77. The smallest absolute Gasteiger partial charge is 0.300 e. The van der Waals surface area contributed by atoms with E-state index in [4.69, 9.17) is 21.1 Å². The number of hydrogen-bond acceptors (Lipinski definition) is 5. The summed E-state index contributed by atoms with van der Waals surface area (Å²) in [4.78, 5) is 27.3. The van der Waals surface area contributed by atoms with E-state index in [1.807, 2.05) is 0 Å². The molecule has 2 aliphatic rings. The molecule has 2 heterocycles. The van der Waals surface area contributed by atoms with Crippen molar-refractivity contribution in [1.29, 1.82) is 0 Å². The van der Waals surface area contributed by atoms with Gasteiger partial charge in [0.2, 0.25) is 6.79 Å². The van der Waals surface area contributed by atoms with Crippen molar-refractivity contribution in [2.75, 3.05) is 11.7 Å². The molecular weight excluding hydrogens is 437 g/mol. The summed E-state index contributed by atoms with van der Waals surface area (Å²) in [6, 6.07) is 15.6. The van der Waals surface area contributed by atoms with Crippen molar-refractivity contribution in [3.8, 4) is 11.5 Å². The number of carbonyl (C=O) groups excluding carboxylic acids is 2. The summed E-state index contributed by atoms with van der Waals surface area (Å²) >= 11 is 6.01. The van der Waals surface area contributed by atoms with Gasteiger partial charge in [-0.2, -0.15) is 0 Å². The third-order valence-corrected chi connectivity index (χ3v) is 5.61. The van der Waals surface area contributed by atoms with Crippen molar-refractivity contribution in [1.82, 2.24) is 0 Å². The Bertz CT molecular complexity index is 1290. The van der Waals surface area contributed by atoms with Crippen molar-refractivity contribution in [2.24, 2.45) is 0 Å². The Kier molecular flexibility index (Phi) is 4.83. The predicted molar refractivity (Wildman–Crippen MR) is 115 cm³/mol. The van der Waals surface area contributed by atoms with E-state index in [-0.39, 0.29) is 29.4 Å². The molecular formula is C24H15ClFNO5. The van der Waals surface area contributed by atoms with E-state index < -0.39 is 23.5 Å². The van der Waals surface area contributed by atoms with Gasteiger partial charge in [-0.05, 0) is 54.1 Å². The molecule has 0 radical (unpaired) electrons. The van der Waals surface area contributed by atoms with E-state index >= 15 is 0 Å². The Hall–Kier alpha value is -3.84. The van der Waals surface area contributed by atoms with Crippen LogP contribution in [0.3, 0.4) is 0 Å². The second-order valence-corrected chi connectivity index (χ2v) is 7.70. The number of fused-ring (bicyclic) bond motifs is 1. The molecule has 32 heavy (non-hydrogen) atoms. The lowest BCUT2D eigenvalue weighted by atomic mass is 9.95. The second-order valence-electron chi connectivity index (χ2n) is 7.27. The lowest BCUT2D eigenvalue weighted by Gasteiger charge is -2.25. The lowest BCUT2D eigenvalue weighted by molar-refractivity contribution is -0.132. The number of anilines is 1. The Morgan fingerprint density at radius 3 is 2.50 bits per heavy atom. The Balaban J connectivity index is 1.71. The van der Waals surface area contributed by atoms with Crippen LogP contribution in [0.4, 0.5) is 10.1 Å². The van der Waals surface area contributed by atoms with Crippen LogP contribution in [0.1, 0.15) is 17.2 Å². The van der Waals surface area contributed by atoms with Gasteiger partial charge in [0.25, 0.3) is 11.7 Å². The highest BCUT2D eigenvalue weighted by molar-refractivity contribution is 6.51. The summed E-state index contributed by atoms with van der Waals surface area (Å²) in [5, 5.41) is 11.6. The number of rotatable bonds is 3. The number of Topliss-reactive ketones (excluding diaryl/α,β-unsaturated/α-hetero) is 1. The highest BCUT2D eigenvalue weighted by Crippen LogP contribution is 2.43. The third kappa shape index (κ3) is 3.27. The first-order valence-corrected chi connectivity index (χ1v) is 10.0. The molecule has 1 unspecified atom stereocenters. The average Bonchev–Trinajstić information content (AvgIpc) is 3.36. The van der Waals surface area contributed by atoms with Crippen LogP contribution < -0.4 is 14.4 Å². The van der Waals surface area contributed by atoms with Crippen LogP contribution in [-0.2, 0) is 9.59 Å². The van der Waals surface area contributed by atoms with Crippen LogP contribution in [-0.4, -0.2) is 23.6 Å². The molecule has 5 rings (SSSR count). The first-order chi connectivity index (χ1) is 15.4. The van der Waals surface area contributed by atoms with Gasteiger partial charge in [-0.1, -0.05) is 29.8 Å². The van der Waals surface area contributed by atoms with E-state index in [9.17, 15) is 19.1 Å². The van der Waals surface area contributed by atoms with E-state index in [1.165, 1.54) is 29.2 Å². The highest BCUT2D eigenvalue weighted by Gasteiger charge is 2.47. The molecule has 1 saturated heterocycles. The van der Waals surface area contributed by atoms with Crippen LogP contribution >= 0.6 is 11.6 Å². The van der Waals surface area contributed by atoms with Gasteiger partial charge in [-0.3, -0.25) is 14.5 Å². The zero-order chi connectivity index (χ0) is 22.4. The summed E-state index contributed by atoms with van der Waals surface area (Å²) in [7, 11) is 0. The number of aliphatic hydroxyl groups is 1. The number of hydrogen-bond donors (Lipinski definition) is 1. The summed E-state index contributed by atoms with van der Waals surface area (Å²) < 4.78 is 24.6. The van der Waals surface area contributed by atoms with Gasteiger partial charge >= 0.3 is 0 Å². The van der Waals surface area contributed by atoms with Crippen molar-refractivity contribution in [3.05, 3.63) is 94.3 Å². The number of halogens is 2. The zero-order valence-corrected chi connectivity index (χ0v) is 17.2. The molecule has 6 nitrogen and oxygen atoms in total. The molecule has 1 fully saturated rings. The molecule has 3 aromatic rings. The van der Waals surface area contributed by atoms with Crippen molar-refractivity contribution < 1.29 is 28.6 Å². The number of amides is 1. The van der Waals surface area contributed by atoms with Crippen LogP contribution in [0.2, 0.25) is 5.02 Å². The molecule has 0 spiro atoms. The van der Waals surface area contributed by atoms with Crippen LogP contribution in [0, 0.1) is 5.82 Å². The van der Waals surface area contributed by atoms with E-state index in [2.05, 4.69) is 0 Å². The Morgan fingerprint density at radius 2 is 1.75 bits per heavy atom. The number of ketones is 1. The monoisotopic (exact) mass is 451 g/mol. The van der Waals surface area contributed by atoms with Gasteiger partial charge in [0, 0.05) is 16.3 Å². The van der Waals surface area contributed by atoms with Gasteiger partial charge < -0.3 is 14.6 Å². The highest BCUT2D eigenvalue weighted by atomic mass is 35.5. The number of ether oxygens (including phenoxy) is 2. The molecule has 2 aliphatic heterocycles. The van der Waals surface area contributed by atoms with Crippen molar-refractivity contribution in [3.63, 3.8) is 0 Å². The first kappa shape index (κ1) is 20.1. The molecule has 0 aromatic heterocycles. The number of benzene rings is 3. The summed E-state index contributed by atoms with van der Waals surface area (Å²) in [5.41, 5.74) is 0.878. The lowest BCUT2D eigenvalue weighted by Crippen LogP contribution is -2.29. The largest absolute Gasteiger partial charge is 0.507 e. The van der Waals surface area contributed by atoms with Gasteiger partial charge in [0.05, 0.1) is 11.6 Å². The number of nitrogens with zero attached hydrogens (tertiary/aromatic N) is 1. The molecule has 1 N–H and O–H groups in total. The fourth-order valence-electron chi connectivity index (χ4n) is 3.88. The maximum atomic E-state index is 13.9. The molecule has 0 saturated carbocycles.